The molecule has 36 nitrogen and oxygen atoms in total. The van der Waals surface area contributed by atoms with Crippen LogP contribution < -0.4 is 5.73 Å². The fourth-order valence-corrected chi connectivity index (χ4v) is 14.9. The molecule has 0 aliphatic carbocycles. The number of aromatic hydroxyl groups is 3. The lowest BCUT2D eigenvalue weighted by atomic mass is 10.0. The van der Waals surface area contributed by atoms with Crippen LogP contribution in [0.25, 0.3) is 53.9 Å². The van der Waals surface area contributed by atoms with E-state index in [2.05, 4.69) is 40.9 Å². The summed E-state index contributed by atoms with van der Waals surface area (Å²) in [5.74, 6) is -3.57. The van der Waals surface area contributed by atoms with E-state index in [4.69, 9.17) is 5.73 Å². The maximum absolute atomic E-state index is 12.9. The maximum Gasteiger partial charge on any atom is 0.297 e. The van der Waals surface area contributed by atoms with E-state index in [1.54, 1.807) is 6.07 Å². The summed E-state index contributed by atoms with van der Waals surface area (Å²) in [5, 5.41) is 60.6. The van der Waals surface area contributed by atoms with Gasteiger partial charge in [0.2, 0.25) is 0 Å². The third-order valence-electron chi connectivity index (χ3n) is 13.5. The molecule has 0 bridgehead atoms. The average molecular weight is 1450 g/mol. The average Bonchev–Trinajstić information content (AvgIpc) is 0.765. The molecule has 10 rings (SSSR count). The predicted octanol–water partition coefficient (Wildman–Crippen LogP) is 9.79. The van der Waals surface area contributed by atoms with Gasteiger partial charge in [-0.15, -0.1) is 30.7 Å². The number of benzene rings is 10. The molecule has 0 fully saturated rings. The van der Waals surface area contributed by atoms with Gasteiger partial charge in [-0.1, -0.05) is 36.4 Å². The number of anilines is 1. The molecule has 488 valence electrons. The first-order valence-electron chi connectivity index (χ1n) is 24.6. The Morgan fingerprint density at radius 3 is 1.28 bits per heavy atom. The summed E-state index contributed by atoms with van der Waals surface area (Å²) in [4.78, 5) is -9.49. The fraction of sp³-hybridized carbons (Fsp3) is 0. The Balaban J connectivity index is 1.06. The zero-order valence-corrected chi connectivity index (χ0v) is 52.0. The molecular formula is C50H33N9O27S8. The lowest BCUT2D eigenvalue weighted by molar-refractivity contribution is 0.471. The van der Waals surface area contributed by atoms with Crippen LogP contribution in [0, 0.1) is 0 Å². The number of nitrogens with two attached hydrogens (primary N) is 1. The molecule has 0 saturated heterocycles. The van der Waals surface area contributed by atoms with E-state index in [1.807, 2.05) is 0 Å². The monoisotopic (exact) mass is 1450 g/mol. The smallest absolute Gasteiger partial charge is 0.297 e. The molecule has 0 aromatic heterocycles. The second kappa shape index (κ2) is 23.1. The number of phenols is 3. The molecule has 0 saturated carbocycles. The molecule has 0 aliphatic heterocycles. The quantitative estimate of drug-likeness (QED) is 0.0243. The largest absolute Gasteiger partial charge is 0.505 e. The number of nitrogen functional groups attached to an aromatic ring is 1. The third kappa shape index (κ3) is 13.1. The van der Waals surface area contributed by atoms with Gasteiger partial charge in [-0.3, -0.25) is 36.4 Å². The molecule has 0 unspecified atom stereocenters. The predicted molar refractivity (Wildman–Crippen MR) is 324 cm³/mol. The topological polar surface area (TPSA) is 621 Å². The van der Waals surface area contributed by atoms with Gasteiger partial charge in [-0.2, -0.15) is 77.6 Å². The van der Waals surface area contributed by atoms with Gasteiger partial charge < -0.3 is 21.1 Å². The number of hydrogen-bond acceptors (Lipinski definition) is 28. The fourth-order valence-electron chi connectivity index (χ4n) is 9.45. The Morgan fingerprint density at radius 2 is 0.723 bits per heavy atom. The SMILES string of the molecule is Nc1c(N=Nc2ccc3c(O)c(N=Nc4ccc5ccccc5c4S(=O)(=O)O)c(S(=O)(=O)O)cc3c2)c(S(=O)(=O)O)cc2cc(S(=O)(=O)O)c(N=Nc3ccc4cc(S(=O)(=O)O)c(N=Nc5cc6c(S(=O)(=O)O)cc(S(=O)(=O)O)cc6cc5S(=O)(=O)O)c(O)c4c3)c(O)c12. The zero-order valence-electron chi connectivity index (χ0n) is 45.4. The Kier molecular flexibility index (Phi) is 16.6. The Hall–Kier alpha value is -9.62. The molecule has 0 radical (unpaired) electrons. The van der Waals surface area contributed by atoms with Gasteiger partial charge in [0.1, 0.15) is 68.4 Å². The summed E-state index contributed by atoms with van der Waals surface area (Å²) in [6, 6.07) is 18.3. The lowest BCUT2D eigenvalue weighted by Crippen LogP contribution is -2.05. The number of azo groups is 4. The van der Waals surface area contributed by atoms with Crippen LogP contribution in [0.5, 0.6) is 17.2 Å². The molecule has 0 spiro atoms. The van der Waals surface area contributed by atoms with Gasteiger partial charge in [0, 0.05) is 21.5 Å². The van der Waals surface area contributed by atoms with Crippen LogP contribution in [0.4, 0.5) is 51.2 Å². The van der Waals surface area contributed by atoms with E-state index in [0.29, 0.717) is 41.8 Å². The van der Waals surface area contributed by atoms with Crippen LogP contribution in [-0.4, -0.2) is 119 Å². The molecular weight excluding hydrogens is 1420 g/mol. The Labute approximate surface area is 526 Å². The summed E-state index contributed by atoms with van der Waals surface area (Å²) < 4.78 is 282. The molecule has 44 heteroatoms. The minimum Gasteiger partial charge on any atom is -0.505 e. The van der Waals surface area contributed by atoms with Gasteiger partial charge in [0.05, 0.1) is 27.3 Å². The zero-order chi connectivity index (χ0) is 69.1. The summed E-state index contributed by atoms with van der Waals surface area (Å²) >= 11 is 0. The van der Waals surface area contributed by atoms with Crippen molar-refractivity contribution in [3.63, 3.8) is 0 Å². The van der Waals surface area contributed by atoms with Crippen molar-refractivity contribution >= 4 is 186 Å². The first-order chi connectivity index (χ1) is 43.3. The molecule has 13 N–H and O–H groups in total. The second-order valence-corrected chi connectivity index (χ2v) is 30.6. The number of fused-ring (bicyclic) bond motifs is 5. The minimum atomic E-state index is -5.57. The molecule has 0 heterocycles. The lowest BCUT2D eigenvalue weighted by Gasteiger charge is -2.14. The first kappa shape index (κ1) is 67.3. The van der Waals surface area contributed by atoms with Crippen LogP contribution in [-0.2, 0) is 80.9 Å². The van der Waals surface area contributed by atoms with Gasteiger partial charge in [-0.05, 0) is 112 Å². The summed E-state index contributed by atoms with van der Waals surface area (Å²) in [6.07, 6.45) is 0. The van der Waals surface area contributed by atoms with E-state index in [0.717, 1.165) is 48.5 Å². The van der Waals surface area contributed by atoms with Crippen molar-refractivity contribution in [3.8, 4) is 17.2 Å². The standard InChI is InChI=1S/C50H33N9O27S8/c51-42-41-25(16-37(90(72,73)74)43(42)56-52-26-8-9-29-23(11-26)15-39(92(78,79)80)44(47(29)60)58-54-33-10-6-21-3-1-2-4-30(21)50(33)94(84,85)86)17-40(93(81,82)83)46(49(41)62)57-53-27-7-5-22-13-38(91(75,76)77)45(48(61)32(22)18-27)59-55-34-20-31-24(14-36(34)89(69,70)71)12-28(87(63,64)65)19-35(31)88(66,67)68/h1-20,60-62H,51H2,(H,63,64,65)(H,66,67,68)(H,69,70,71)(H,72,73,74)(H,75,76,77)(H,78,79,80)(H,81,82,83)(H,84,85,86). The van der Waals surface area contributed by atoms with Crippen molar-refractivity contribution in [3.05, 3.63) is 121 Å². The van der Waals surface area contributed by atoms with E-state index < -0.39 is 210 Å². The van der Waals surface area contributed by atoms with Crippen LogP contribution in [0.1, 0.15) is 0 Å². The minimum absolute atomic E-state index is 0.0198. The van der Waals surface area contributed by atoms with Crippen LogP contribution in [0.2, 0.25) is 0 Å². The second-order valence-electron chi connectivity index (χ2n) is 19.5. The molecule has 0 amide bonds. The maximum atomic E-state index is 12.9. The number of nitrogens with zero attached hydrogens (tertiary/aromatic N) is 8. The molecule has 0 atom stereocenters. The van der Waals surface area contributed by atoms with Crippen molar-refractivity contribution in [1.82, 2.24) is 0 Å². The van der Waals surface area contributed by atoms with Crippen molar-refractivity contribution in [2.24, 2.45) is 40.9 Å². The summed E-state index contributed by atoms with van der Waals surface area (Å²) in [5.41, 5.74) is -1.39. The van der Waals surface area contributed by atoms with Crippen molar-refractivity contribution in [2.75, 3.05) is 5.73 Å². The number of phenolic OH excluding ortho intramolecular Hbond substituents is 3. The molecule has 10 aromatic rings. The van der Waals surface area contributed by atoms with E-state index >= 15 is 0 Å². The van der Waals surface area contributed by atoms with Gasteiger partial charge in [0.15, 0.2) is 17.2 Å². The van der Waals surface area contributed by atoms with Crippen LogP contribution in [0.15, 0.2) is 201 Å². The van der Waals surface area contributed by atoms with Crippen LogP contribution >= 0.6 is 0 Å². The normalized spacial score (nSPS) is 13.6. The Morgan fingerprint density at radius 1 is 0.287 bits per heavy atom. The van der Waals surface area contributed by atoms with Crippen LogP contribution in [0.3, 0.4) is 0 Å². The van der Waals surface area contributed by atoms with E-state index in [9.17, 15) is 119 Å². The third-order valence-corrected chi connectivity index (χ3v) is 20.5. The van der Waals surface area contributed by atoms with Crippen molar-refractivity contribution in [2.45, 2.75) is 39.2 Å². The highest BCUT2D eigenvalue weighted by Crippen LogP contribution is 2.50. The highest BCUT2D eigenvalue weighted by atomic mass is 32.2. The number of rotatable bonds is 16. The number of hydrogen-bond donors (Lipinski definition) is 12. The summed E-state index contributed by atoms with van der Waals surface area (Å²) in [6.45, 7) is 0. The van der Waals surface area contributed by atoms with Gasteiger partial charge in [-0.25, -0.2) is 0 Å². The van der Waals surface area contributed by atoms with Crippen molar-refractivity contribution < 1.29 is 119 Å². The highest BCUT2D eigenvalue weighted by molar-refractivity contribution is 7.88. The molecule has 0 aliphatic rings. The van der Waals surface area contributed by atoms with Gasteiger partial charge in [0.25, 0.3) is 80.9 Å². The summed E-state index contributed by atoms with van der Waals surface area (Å²) in [7, 11) is -43.2. The Bertz CT molecular complexity index is 6210. The van der Waals surface area contributed by atoms with E-state index in [-0.39, 0.29) is 33.3 Å². The molecule has 10 aromatic carbocycles. The highest BCUT2D eigenvalue weighted by Gasteiger charge is 2.31. The van der Waals surface area contributed by atoms with E-state index in [1.165, 1.54) is 24.3 Å². The first-order valence-corrected chi connectivity index (χ1v) is 36.2. The van der Waals surface area contributed by atoms with Crippen molar-refractivity contribution in [1.29, 1.82) is 0 Å². The van der Waals surface area contributed by atoms with Gasteiger partial charge >= 0.3 is 0 Å². The molecule has 94 heavy (non-hydrogen) atoms.